The normalized spacial score (nSPS) is 19.6. The Morgan fingerprint density at radius 1 is 1.33 bits per heavy atom. The van der Waals surface area contributed by atoms with Gasteiger partial charge in [-0.3, -0.25) is 4.90 Å². The molecule has 0 aromatic carbocycles. The fourth-order valence-corrected chi connectivity index (χ4v) is 3.17. The number of halogens is 1. The molecule has 3 aromatic heterocycles. The van der Waals surface area contributed by atoms with Crippen LogP contribution in [0.5, 0.6) is 0 Å². The fourth-order valence-electron chi connectivity index (χ4n) is 3.03. The summed E-state index contributed by atoms with van der Waals surface area (Å²) in [6.07, 6.45) is 4.04. The van der Waals surface area contributed by atoms with Crippen molar-refractivity contribution in [1.82, 2.24) is 19.4 Å². The number of aromatic nitrogens is 3. The molecule has 21 heavy (non-hydrogen) atoms. The lowest BCUT2D eigenvalue weighted by Crippen LogP contribution is -2.20. The van der Waals surface area contributed by atoms with Gasteiger partial charge >= 0.3 is 0 Å². The SMILES string of the molecule is CN1CCCC1c1nc2cccnc2n1-c1ccc(Cl)o1. The molecule has 0 amide bonds. The van der Waals surface area contributed by atoms with Crippen molar-refractivity contribution in [3.8, 4) is 5.88 Å². The number of fused-ring (bicyclic) bond motifs is 1. The second-order valence-corrected chi connectivity index (χ2v) is 5.74. The number of hydrogen-bond acceptors (Lipinski definition) is 4. The van der Waals surface area contributed by atoms with Crippen molar-refractivity contribution in [2.75, 3.05) is 13.6 Å². The number of hydrogen-bond donors (Lipinski definition) is 0. The topological polar surface area (TPSA) is 47.1 Å². The first kappa shape index (κ1) is 12.9. The van der Waals surface area contributed by atoms with E-state index in [2.05, 4.69) is 16.9 Å². The zero-order chi connectivity index (χ0) is 14.4. The molecule has 5 nitrogen and oxygen atoms in total. The maximum Gasteiger partial charge on any atom is 0.208 e. The Labute approximate surface area is 127 Å². The maximum atomic E-state index is 5.94. The van der Waals surface area contributed by atoms with Gasteiger partial charge in [-0.25, -0.2) is 14.5 Å². The Balaban J connectivity index is 1.97. The first-order valence-electron chi connectivity index (χ1n) is 7.03. The average Bonchev–Trinajstić information content (AvgIpc) is 3.16. The number of imidazole rings is 1. The molecule has 6 heteroatoms. The van der Waals surface area contributed by atoms with Gasteiger partial charge in [0.25, 0.3) is 0 Å². The molecule has 4 heterocycles. The van der Waals surface area contributed by atoms with Crippen LogP contribution in [0.15, 0.2) is 34.9 Å². The van der Waals surface area contributed by atoms with Crippen molar-refractivity contribution < 1.29 is 4.42 Å². The van der Waals surface area contributed by atoms with Gasteiger partial charge in [-0.05, 0) is 56.2 Å². The van der Waals surface area contributed by atoms with Gasteiger partial charge in [-0.2, -0.15) is 0 Å². The van der Waals surface area contributed by atoms with Gasteiger partial charge in [-0.1, -0.05) is 0 Å². The lowest BCUT2D eigenvalue weighted by molar-refractivity contribution is 0.302. The molecule has 0 saturated carbocycles. The van der Waals surface area contributed by atoms with Gasteiger partial charge in [0.05, 0.1) is 6.04 Å². The zero-order valence-corrected chi connectivity index (χ0v) is 12.4. The summed E-state index contributed by atoms with van der Waals surface area (Å²) in [4.78, 5) is 11.6. The number of likely N-dealkylation sites (tertiary alicyclic amines) is 1. The monoisotopic (exact) mass is 302 g/mol. The fraction of sp³-hybridized carbons (Fsp3) is 0.333. The summed E-state index contributed by atoms with van der Waals surface area (Å²) in [7, 11) is 2.13. The van der Waals surface area contributed by atoms with Crippen molar-refractivity contribution in [3.05, 3.63) is 41.5 Å². The van der Waals surface area contributed by atoms with Crippen LogP contribution in [-0.2, 0) is 0 Å². The third-order valence-electron chi connectivity index (χ3n) is 4.04. The summed E-state index contributed by atoms with van der Waals surface area (Å²) in [5.41, 5.74) is 1.68. The van der Waals surface area contributed by atoms with Crippen LogP contribution in [0.1, 0.15) is 24.7 Å². The molecule has 1 atom stereocenters. The van der Waals surface area contributed by atoms with Gasteiger partial charge in [0.1, 0.15) is 11.3 Å². The molecule has 4 rings (SSSR count). The summed E-state index contributed by atoms with van der Waals surface area (Å²) < 4.78 is 7.58. The van der Waals surface area contributed by atoms with Crippen LogP contribution in [0.2, 0.25) is 5.22 Å². The molecule has 0 bridgehead atoms. The quantitative estimate of drug-likeness (QED) is 0.727. The molecule has 1 aliphatic heterocycles. The highest BCUT2D eigenvalue weighted by molar-refractivity contribution is 6.28. The Morgan fingerprint density at radius 3 is 2.95 bits per heavy atom. The predicted octanol–water partition coefficient (Wildman–Crippen LogP) is 3.43. The van der Waals surface area contributed by atoms with E-state index in [4.69, 9.17) is 21.0 Å². The molecule has 1 unspecified atom stereocenters. The molecule has 1 aliphatic rings. The van der Waals surface area contributed by atoms with Crippen LogP contribution in [-0.4, -0.2) is 33.0 Å². The summed E-state index contributed by atoms with van der Waals surface area (Å²) in [5, 5.41) is 0.369. The minimum Gasteiger partial charge on any atom is -0.428 e. The van der Waals surface area contributed by atoms with Gasteiger partial charge in [0.15, 0.2) is 10.9 Å². The van der Waals surface area contributed by atoms with E-state index in [0.717, 1.165) is 30.0 Å². The minimum absolute atomic E-state index is 0.281. The molecule has 1 saturated heterocycles. The van der Waals surface area contributed by atoms with E-state index in [1.54, 1.807) is 12.3 Å². The second kappa shape index (κ2) is 4.86. The smallest absolute Gasteiger partial charge is 0.208 e. The zero-order valence-electron chi connectivity index (χ0n) is 11.7. The third kappa shape index (κ3) is 2.04. The molecule has 0 radical (unpaired) electrons. The van der Waals surface area contributed by atoms with E-state index in [1.165, 1.54) is 6.42 Å². The minimum atomic E-state index is 0.281. The maximum absolute atomic E-state index is 5.94. The number of pyridine rings is 1. The Morgan fingerprint density at radius 2 is 2.24 bits per heavy atom. The Hall–Kier alpha value is -1.85. The largest absolute Gasteiger partial charge is 0.428 e. The molecule has 108 valence electrons. The third-order valence-corrected chi connectivity index (χ3v) is 4.24. The highest BCUT2D eigenvalue weighted by Crippen LogP contribution is 2.34. The van der Waals surface area contributed by atoms with Crippen LogP contribution in [0, 0.1) is 0 Å². The molecular formula is C15H15ClN4O. The van der Waals surface area contributed by atoms with Crippen LogP contribution in [0.25, 0.3) is 17.0 Å². The van der Waals surface area contributed by atoms with Crippen LogP contribution < -0.4 is 0 Å². The van der Waals surface area contributed by atoms with Crippen LogP contribution in [0.4, 0.5) is 0 Å². The van der Waals surface area contributed by atoms with Gasteiger partial charge < -0.3 is 4.42 Å². The van der Waals surface area contributed by atoms with Crippen molar-refractivity contribution in [2.24, 2.45) is 0 Å². The van der Waals surface area contributed by atoms with E-state index in [9.17, 15) is 0 Å². The summed E-state index contributed by atoms with van der Waals surface area (Å²) >= 11 is 5.94. The van der Waals surface area contributed by atoms with Crippen molar-refractivity contribution >= 4 is 22.8 Å². The number of nitrogens with zero attached hydrogens (tertiary/aromatic N) is 4. The van der Waals surface area contributed by atoms with E-state index in [-0.39, 0.29) is 6.04 Å². The average molecular weight is 303 g/mol. The van der Waals surface area contributed by atoms with Crippen molar-refractivity contribution in [1.29, 1.82) is 0 Å². The van der Waals surface area contributed by atoms with E-state index in [1.807, 2.05) is 22.8 Å². The summed E-state index contributed by atoms with van der Waals surface area (Å²) in [5.74, 6) is 1.63. The van der Waals surface area contributed by atoms with E-state index < -0.39 is 0 Å². The molecule has 3 aromatic rings. The summed E-state index contributed by atoms with van der Waals surface area (Å²) in [6, 6.07) is 7.76. The first-order chi connectivity index (χ1) is 10.2. The highest BCUT2D eigenvalue weighted by atomic mass is 35.5. The molecule has 0 aliphatic carbocycles. The Bertz CT molecular complexity index is 794. The number of furan rings is 1. The van der Waals surface area contributed by atoms with Crippen LogP contribution in [0.3, 0.4) is 0 Å². The molecule has 0 spiro atoms. The van der Waals surface area contributed by atoms with Crippen molar-refractivity contribution in [3.63, 3.8) is 0 Å². The number of rotatable bonds is 2. The lowest BCUT2D eigenvalue weighted by Gasteiger charge is -2.19. The first-order valence-corrected chi connectivity index (χ1v) is 7.41. The van der Waals surface area contributed by atoms with E-state index in [0.29, 0.717) is 11.1 Å². The second-order valence-electron chi connectivity index (χ2n) is 5.37. The highest BCUT2D eigenvalue weighted by Gasteiger charge is 2.29. The lowest BCUT2D eigenvalue weighted by atomic mass is 10.2. The van der Waals surface area contributed by atoms with Gasteiger partial charge in [-0.15, -0.1) is 0 Å². The standard InChI is InChI=1S/C15H15ClN4O/c1-19-9-3-5-11(19)15-18-10-4-2-8-17-14(10)20(15)13-7-6-12(16)21-13/h2,4,6-8,11H,3,5,9H2,1H3. The summed E-state index contributed by atoms with van der Waals surface area (Å²) in [6.45, 7) is 1.08. The van der Waals surface area contributed by atoms with Crippen molar-refractivity contribution in [2.45, 2.75) is 18.9 Å². The predicted molar refractivity (Wildman–Crippen MR) is 80.7 cm³/mol. The van der Waals surface area contributed by atoms with E-state index >= 15 is 0 Å². The Kier molecular flexibility index (Phi) is 2.97. The van der Waals surface area contributed by atoms with Gasteiger partial charge in [0, 0.05) is 12.3 Å². The molecular weight excluding hydrogens is 288 g/mol. The molecule has 1 fully saturated rings. The van der Waals surface area contributed by atoms with Crippen LogP contribution >= 0.6 is 11.6 Å². The molecule has 0 N–H and O–H groups in total. The van der Waals surface area contributed by atoms with Gasteiger partial charge in [0.2, 0.25) is 5.88 Å².